The van der Waals surface area contributed by atoms with Crippen molar-refractivity contribution in [3.05, 3.63) is 108 Å². The maximum atomic E-state index is 13.0. The molecule has 4 rings (SSSR count). The van der Waals surface area contributed by atoms with Crippen molar-refractivity contribution in [3.8, 4) is 0 Å². The number of Topliss-reactive ketones (excluding diaryl/α,β-unsaturated/α-hetero) is 1. The van der Waals surface area contributed by atoms with Crippen LogP contribution < -0.4 is 0 Å². The minimum atomic E-state index is 0.0695. The highest BCUT2D eigenvalue weighted by Crippen LogP contribution is 2.54. The lowest BCUT2D eigenvalue weighted by molar-refractivity contribution is 0.0781. The van der Waals surface area contributed by atoms with Gasteiger partial charge in [-0.25, -0.2) is 0 Å². The summed E-state index contributed by atoms with van der Waals surface area (Å²) in [6.07, 6.45) is 0.928. The predicted molar refractivity (Wildman–Crippen MR) is 97.2 cm³/mol. The molecule has 0 N–H and O–H groups in total. The van der Waals surface area contributed by atoms with Gasteiger partial charge in [-0.2, -0.15) is 0 Å². The van der Waals surface area contributed by atoms with Crippen LogP contribution in [-0.4, -0.2) is 5.78 Å². The Morgan fingerprint density at radius 3 is 1.75 bits per heavy atom. The zero-order valence-electron chi connectivity index (χ0n) is 13.5. The van der Waals surface area contributed by atoms with Gasteiger partial charge >= 0.3 is 0 Å². The number of rotatable bonds is 4. The van der Waals surface area contributed by atoms with Crippen molar-refractivity contribution < 1.29 is 4.79 Å². The van der Waals surface area contributed by atoms with E-state index in [0.717, 1.165) is 12.0 Å². The van der Waals surface area contributed by atoms with Gasteiger partial charge < -0.3 is 0 Å². The first-order chi connectivity index (χ1) is 11.8. The molecule has 0 heterocycles. The van der Waals surface area contributed by atoms with Crippen LogP contribution in [0.5, 0.6) is 0 Å². The van der Waals surface area contributed by atoms with E-state index in [1.807, 2.05) is 42.5 Å². The molecule has 3 aromatic carbocycles. The third kappa shape index (κ3) is 2.67. The minimum absolute atomic E-state index is 0.0695. The van der Waals surface area contributed by atoms with Gasteiger partial charge in [-0.3, -0.25) is 4.79 Å². The largest absolute Gasteiger partial charge is 0.294 e. The monoisotopic (exact) mass is 312 g/mol. The second-order valence-corrected chi connectivity index (χ2v) is 6.53. The number of benzene rings is 3. The Labute approximate surface area is 143 Å². The van der Waals surface area contributed by atoms with E-state index in [9.17, 15) is 4.79 Å². The second kappa shape index (κ2) is 6.45. The van der Waals surface area contributed by atoms with Gasteiger partial charge in [0.05, 0.1) is 0 Å². The van der Waals surface area contributed by atoms with Crippen molar-refractivity contribution in [1.82, 2.24) is 0 Å². The van der Waals surface area contributed by atoms with Crippen LogP contribution in [0.15, 0.2) is 91.0 Å². The van der Waals surface area contributed by atoms with Crippen molar-refractivity contribution in [2.75, 3.05) is 0 Å². The highest BCUT2D eigenvalue weighted by molar-refractivity contribution is 5.99. The van der Waals surface area contributed by atoms with Crippen molar-refractivity contribution in [3.63, 3.8) is 0 Å². The van der Waals surface area contributed by atoms with Crippen molar-refractivity contribution >= 4 is 5.78 Å². The summed E-state index contributed by atoms with van der Waals surface area (Å²) < 4.78 is 0. The summed E-state index contributed by atoms with van der Waals surface area (Å²) in [6.45, 7) is 0. The van der Waals surface area contributed by atoms with E-state index in [4.69, 9.17) is 0 Å². The number of carbonyl (C=O) groups is 1. The van der Waals surface area contributed by atoms with Gasteiger partial charge in [0.15, 0.2) is 5.78 Å². The summed E-state index contributed by atoms with van der Waals surface area (Å²) in [5, 5.41) is 0. The fraction of sp³-hybridized carbons (Fsp3) is 0.174. The molecule has 118 valence electrons. The average molecular weight is 312 g/mol. The fourth-order valence-electron chi connectivity index (χ4n) is 3.92. The van der Waals surface area contributed by atoms with Crippen LogP contribution in [-0.2, 0) is 0 Å². The molecule has 1 nitrogen and oxygen atoms in total. The van der Waals surface area contributed by atoms with Crippen LogP contribution in [0, 0.1) is 5.92 Å². The minimum Gasteiger partial charge on any atom is -0.294 e. The van der Waals surface area contributed by atoms with E-state index in [1.165, 1.54) is 11.1 Å². The third-order valence-electron chi connectivity index (χ3n) is 5.18. The second-order valence-electron chi connectivity index (χ2n) is 6.53. The zero-order chi connectivity index (χ0) is 16.4. The molecular weight excluding hydrogens is 292 g/mol. The Kier molecular flexibility index (Phi) is 4.00. The summed E-state index contributed by atoms with van der Waals surface area (Å²) in [5.41, 5.74) is 3.44. The fourth-order valence-corrected chi connectivity index (χ4v) is 3.92. The molecule has 1 fully saturated rings. The molecule has 1 saturated carbocycles. The molecule has 0 radical (unpaired) electrons. The molecule has 24 heavy (non-hydrogen) atoms. The molecule has 3 aromatic rings. The lowest BCUT2D eigenvalue weighted by Gasteiger charge is -2.44. The first kappa shape index (κ1) is 14.9. The van der Waals surface area contributed by atoms with Crippen LogP contribution >= 0.6 is 0 Å². The van der Waals surface area contributed by atoms with E-state index in [-0.39, 0.29) is 17.6 Å². The first-order valence-electron chi connectivity index (χ1n) is 8.54. The number of hydrogen-bond acceptors (Lipinski definition) is 1. The Morgan fingerprint density at radius 1 is 0.667 bits per heavy atom. The molecule has 0 amide bonds. The summed E-state index contributed by atoms with van der Waals surface area (Å²) >= 11 is 0. The topological polar surface area (TPSA) is 17.1 Å². The van der Waals surface area contributed by atoms with Crippen LogP contribution in [0.2, 0.25) is 0 Å². The molecule has 0 saturated heterocycles. The smallest absolute Gasteiger partial charge is 0.166 e. The highest BCUT2D eigenvalue weighted by atomic mass is 16.1. The van der Waals surface area contributed by atoms with Crippen LogP contribution in [0.3, 0.4) is 0 Å². The van der Waals surface area contributed by atoms with Crippen molar-refractivity contribution in [2.24, 2.45) is 5.92 Å². The van der Waals surface area contributed by atoms with Crippen LogP contribution in [0.1, 0.15) is 39.7 Å². The molecule has 1 aliphatic rings. The van der Waals surface area contributed by atoms with Crippen molar-refractivity contribution in [2.45, 2.75) is 18.3 Å². The Hall–Kier alpha value is -2.67. The van der Waals surface area contributed by atoms with Gasteiger partial charge in [-0.05, 0) is 23.5 Å². The molecule has 0 aliphatic heterocycles. The Bertz CT molecular complexity index is 808. The SMILES string of the molecule is O=C(c1ccccc1)C1C[C@@H](c2ccccc2)[C@H]1c1ccccc1. The lowest BCUT2D eigenvalue weighted by Crippen LogP contribution is -2.38. The van der Waals surface area contributed by atoms with E-state index in [2.05, 4.69) is 48.5 Å². The zero-order valence-corrected chi connectivity index (χ0v) is 13.5. The van der Waals surface area contributed by atoms with E-state index >= 15 is 0 Å². The van der Waals surface area contributed by atoms with Gasteiger partial charge in [0.2, 0.25) is 0 Å². The molecule has 3 atom stereocenters. The number of carbonyl (C=O) groups excluding carboxylic acids is 1. The van der Waals surface area contributed by atoms with Crippen molar-refractivity contribution in [1.29, 1.82) is 0 Å². The van der Waals surface area contributed by atoms with E-state index in [1.54, 1.807) is 0 Å². The average Bonchev–Trinajstić information content (AvgIpc) is 2.63. The van der Waals surface area contributed by atoms with Gasteiger partial charge in [0, 0.05) is 17.4 Å². The quantitative estimate of drug-likeness (QED) is 0.585. The molecule has 0 spiro atoms. The van der Waals surface area contributed by atoms with Gasteiger partial charge in [-0.15, -0.1) is 0 Å². The van der Waals surface area contributed by atoms with Crippen LogP contribution in [0.4, 0.5) is 0 Å². The lowest BCUT2D eigenvalue weighted by atomic mass is 9.57. The van der Waals surface area contributed by atoms with Gasteiger partial charge in [0.25, 0.3) is 0 Å². The number of ketones is 1. The maximum absolute atomic E-state index is 13.0. The molecule has 1 unspecified atom stereocenters. The predicted octanol–water partition coefficient (Wildman–Crippen LogP) is 5.46. The van der Waals surface area contributed by atoms with E-state index in [0.29, 0.717) is 5.92 Å². The Balaban J connectivity index is 1.67. The standard InChI is InChI=1S/C23H20O/c24-23(19-14-8-3-9-15-19)21-16-20(17-10-4-1-5-11-17)22(21)18-12-6-2-7-13-18/h1-15,20-22H,16H2/t20-,21?,22+/m0/s1. The highest BCUT2D eigenvalue weighted by Gasteiger charge is 2.46. The van der Waals surface area contributed by atoms with Gasteiger partial charge in [-0.1, -0.05) is 91.0 Å². The van der Waals surface area contributed by atoms with E-state index < -0.39 is 0 Å². The number of hydrogen-bond donors (Lipinski definition) is 0. The third-order valence-corrected chi connectivity index (χ3v) is 5.18. The molecule has 0 aromatic heterocycles. The molecule has 1 heteroatoms. The molecular formula is C23H20O. The summed E-state index contributed by atoms with van der Waals surface area (Å²) in [5.74, 6) is 1.03. The summed E-state index contributed by atoms with van der Waals surface area (Å²) in [4.78, 5) is 13.0. The van der Waals surface area contributed by atoms with Gasteiger partial charge in [0.1, 0.15) is 0 Å². The summed E-state index contributed by atoms with van der Waals surface area (Å²) in [6, 6.07) is 30.8. The first-order valence-corrected chi connectivity index (χ1v) is 8.54. The summed E-state index contributed by atoms with van der Waals surface area (Å²) in [7, 11) is 0. The molecule has 0 bridgehead atoms. The Morgan fingerprint density at radius 2 is 1.17 bits per heavy atom. The van der Waals surface area contributed by atoms with Crippen LogP contribution in [0.25, 0.3) is 0 Å². The molecule has 1 aliphatic carbocycles. The maximum Gasteiger partial charge on any atom is 0.166 e. The normalized spacial score (nSPS) is 22.6.